The zero-order valence-corrected chi connectivity index (χ0v) is 12.5. The van der Waals surface area contributed by atoms with Gasteiger partial charge in [0.2, 0.25) is 0 Å². The third kappa shape index (κ3) is 3.56. The molecule has 2 rings (SSSR count). The maximum Gasteiger partial charge on any atom is 0.260 e. The van der Waals surface area contributed by atoms with Crippen molar-refractivity contribution < 1.29 is 12.8 Å². The minimum Gasteiger partial charge on any atom is -0.386 e. The quantitative estimate of drug-likeness (QED) is 0.889. The van der Waals surface area contributed by atoms with Gasteiger partial charge < -0.3 is 5.32 Å². The van der Waals surface area contributed by atoms with Crippen LogP contribution in [0.4, 0.5) is 10.1 Å². The summed E-state index contributed by atoms with van der Waals surface area (Å²) in [6.07, 6.45) is 1.41. The molecule has 0 bridgehead atoms. The summed E-state index contributed by atoms with van der Waals surface area (Å²) in [5.74, 6) is -0.410. The summed E-state index contributed by atoms with van der Waals surface area (Å²) < 4.78 is 40.4. The predicted molar refractivity (Wildman–Crippen MR) is 78.9 cm³/mol. The minimum atomic E-state index is -3.81. The van der Waals surface area contributed by atoms with Crippen molar-refractivity contribution in [2.24, 2.45) is 0 Å². The second kappa shape index (κ2) is 6.19. The number of nitrogens with one attached hydrogen (secondary N) is 2. The van der Waals surface area contributed by atoms with E-state index in [1.165, 1.54) is 24.4 Å². The van der Waals surface area contributed by atoms with Crippen molar-refractivity contribution in [3.05, 3.63) is 54.0 Å². The largest absolute Gasteiger partial charge is 0.386 e. The summed E-state index contributed by atoms with van der Waals surface area (Å²) >= 11 is 0. The number of aromatic nitrogens is 1. The maximum atomic E-state index is 13.2. The van der Waals surface area contributed by atoms with Crippen LogP contribution in [0, 0.1) is 5.82 Å². The van der Waals surface area contributed by atoms with Crippen LogP contribution in [0.2, 0.25) is 0 Å². The van der Waals surface area contributed by atoms with Crippen molar-refractivity contribution in [1.29, 1.82) is 0 Å². The molecule has 0 spiro atoms. The number of sulfonamides is 1. The molecule has 1 aromatic heterocycles. The molecule has 7 heteroatoms. The van der Waals surface area contributed by atoms with Crippen molar-refractivity contribution in [2.75, 3.05) is 12.4 Å². The molecule has 1 aromatic carbocycles. The Balaban J connectivity index is 2.29. The highest BCUT2D eigenvalue weighted by molar-refractivity contribution is 7.89. The summed E-state index contributed by atoms with van der Waals surface area (Å²) in [6.45, 7) is 1.65. The third-order valence-electron chi connectivity index (χ3n) is 2.98. The van der Waals surface area contributed by atoms with Crippen molar-refractivity contribution in [3.8, 4) is 0 Å². The average Bonchev–Trinajstić information content (AvgIpc) is 2.46. The van der Waals surface area contributed by atoms with E-state index >= 15 is 0 Å². The van der Waals surface area contributed by atoms with Crippen LogP contribution in [-0.2, 0) is 10.0 Å². The Labute approximate surface area is 123 Å². The van der Waals surface area contributed by atoms with Gasteiger partial charge in [0.15, 0.2) is 5.03 Å². The highest BCUT2D eigenvalue weighted by atomic mass is 32.2. The van der Waals surface area contributed by atoms with Crippen LogP contribution in [0.15, 0.2) is 47.6 Å². The van der Waals surface area contributed by atoms with Crippen LogP contribution in [0.25, 0.3) is 0 Å². The molecule has 0 saturated carbocycles. The van der Waals surface area contributed by atoms with Gasteiger partial charge in [0.05, 0.1) is 5.69 Å². The smallest absolute Gasteiger partial charge is 0.260 e. The lowest BCUT2D eigenvalue weighted by molar-refractivity contribution is 0.561. The molecule has 1 atom stereocenters. The van der Waals surface area contributed by atoms with Gasteiger partial charge in [-0.3, -0.25) is 0 Å². The molecular formula is C14H16FN3O2S. The minimum absolute atomic E-state index is 0.0873. The molecule has 112 valence electrons. The van der Waals surface area contributed by atoms with Gasteiger partial charge in [0.25, 0.3) is 10.0 Å². The first-order chi connectivity index (χ1) is 9.94. The number of halogens is 1. The molecule has 0 aliphatic carbocycles. The Hall–Kier alpha value is -1.99. The summed E-state index contributed by atoms with van der Waals surface area (Å²) in [6, 6.07) is 8.49. The molecule has 0 aliphatic heterocycles. The van der Waals surface area contributed by atoms with Crippen molar-refractivity contribution in [3.63, 3.8) is 0 Å². The van der Waals surface area contributed by atoms with Crippen LogP contribution in [0.3, 0.4) is 0 Å². The van der Waals surface area contributed by atoms with E-state index in [1.54, 1.807) is 32.2 Å². The molecule has 0 saturated heterocycles. The van der Waals surface area contributed by atoms with Crippen LogP contribution in [0.5, 0.6) is 0 Å². The number of anilines is 1. The molecule has 2 aromatic rings. The van der Waals surface area contributed by atoms with E-state index in [0.717, 1.165) is 0 Å². The molecule has 0 radical (unpaired) electrons. The van der Waals surface area contributed by atoms with E-state index in [-0.39, 0.29) is 5.03 Å². The van der Waals surface area contributed by atoms with Crippen LogP contribution in [0.1, 0.15) is 18.5 Å². The molecule has 1 unspecified atom stereocenters. The first kappa shape index (κ1) is 15.4. The monoisotopic (exact) mass is 309 g/mol. The number of pyridine rings is 1. The fraction of sp³-hybridized carbons (Fsp3) is 0.214. The van der Waals surface area contributed by atoms with Gasteiger partial charge in [-0.05, 0) is 36.8 Å². The van der Waals surface area contributed by atoms with Crippen molar-refractivity contribution in [1.82, 2.24) is 9.71 Å². The first-order valence-electron chi connectivity index (χ1n) is 6.34. The molecule has 2 N–H and O–H groups in total. The molecular weight excluding hydrogens is 293 g/mol. The van der Waals surface area contributed by atoms with Crippen LogP contribution in [-0.4, -0.2) is 20.4 Å². The van der Waals surface area contributed by atoms with Gasteiger partial charge in [0, 0.05) is 19.3 Å². The Morgan fingerprint density at radius 1 is 1.24 bits per heavy atom. The van der Waals surface area contributed by atoms with Gasteiger partial charge in [0.1, 0.15) is 5.82 Å². The number of nitrogens with zero attached hydrogens (tertiary/aromatic N) is 1. The number of hydrogen-bond donors (Lipinski definition) is 2. The lowest BCUT2D eigenvalue weighted by Gasteiger charge is -2.15. The Morgan fingerprint density at radius 2 is 2.00 bits per heavy atom. The first-order valence-corrected chi connectivity index (χ1v) is 7.83. The normalized spacial score (nSPS) is 12.9. The van der Waals surface area contributed by atoms with E-state index in [4.69, 9.17) is 0 Å². The van der Waals surface area contributed by atoms with Gasteiger partial charge in [-0.15, -0.1) is 0 Å². The second-order valence-electron chi connectivity index (χ2n) is 4.50. The predicted octanol–water partition coefficient (Wildman–Crippen LogP) is 2.30. The second-order valence-corrected chi connectivity index (χ2v) is 6.13. The third-order valence-corrected chi connectivity index (χ3v) is 4.47. The lowest BCUT2D eigenvalue weighted by Crippen LogP contribution is -2.28. The topological polar surface area (TPSA) is 71.1 Å². The average molecular weight is 309 g/mol. The highest BCUT2D eigenvalue weighted by Gasteiger charge is 2.22. The molecule has 0 fully saturated rings. The molecule has 0 amide bonds. The van der Waals surface area contributed by atoms with E-state index < -0.39 is 21.9 Å². The van der Waals surface area contributed by atoms with E-state index in [2.05, 4.69) is 15.0 Å². The van der Waals surface area contributed by atoms with Gasteiger partial charge >= 0.3 is 0 Å². The molecule has 21 heavy (non-hydrogen) atoms. The van der Waals surface area contributed by atoms with Gasteiger partial charge in [-0.2, -0.15) is 0 Å². The highest BCUT2D eigenvalue weighted by Crippen LogP contribution is 2.21. The standard InChI is InChI=1S/C14H16FN3O2S/c1-10(11-5-3-6-12(15)9-11)18-21(19,20)14-13(16-2)7-4-8-17-14/h3-10,16,18H,1-2H3. The van der Waals surface area contributed by atoms with E-state index in [9.17, 15) is 12.8 Å². The SMILES string of the molecule is CNc1cccnc1S(=O)(=O)NC(C)c1cccc(F)c1. The van der Waals surface area contributed by atoms with Crippen molar-refractivity contribution in [2.45, 2.75) is 18.0 Å². The Kier molecular flexibility index (Phi) is 4.54. The lowest BCUT2D eigenvalue weighted by atomic mass is 10.1. The van der Waals surface area contributed by atoms with Gasteiger partial charge in [-0.1, -0.05) is 12.1 Å². The number of hydrogen-bond acceptors (Lipinski definition) is 4. The number of benzene rings is 1. The fourth-order valence-corrected chi connectivity index (χ4v) is 3.30. The molecule has 1 heterocycles. The van der Waals surface area contributed by atoms with Crippen LogP contribution >= 0.6 is 0 Å². The van der Waals surface area contributed by atoms with E-state index in [0.29, 0.717) is 11.3 Å². The Morgan fingerprint density at radius 3 is 2.67 bits per heavy atom. The number of rotatable bonds is 5. The summed E-state index contributed by atoms with van der Waals surface area (Å²) in [4.78, 5) is 3.90. The Bertz CT molecular complexity index is 735. The summed E-state index contributed by atoms with van der Waals surface area (Å²) in [7, 11) is -2.19. The molecule has 5 nitrogen and oxygen atoms in total. The summed E-state index contributed by atoms with van der Waals surface area (Å²) in [5, 5.41) is 2.69. The fourth-order valence-electron chi connectivity index (χ4n) is 1.93. The zero-order chi connectivity index (χ0) is 15.5. The zero-order valence-electron chi connectivity index (χ0n) is 11.7. The van der Waals surface area contributed by atoms with Crippen molar-refractivity contribution >= 4 is 15.7 Å². The molecule has 0 aliphatic rings. The van der Waals surface area contributed by atoms with Crippen LogP contribution < -0.4 is 10.0 Å². The van der Waals surface area contributed by atoms with Gasteiger partial charge in [-0.25, -0.2) is 22.5 Å². The van der Waals surface area contributed by atoms with E-state index in [1.807, 2.05) is 0 Å². The maximum absolute atomic E-state index is 13.2. The summed E-state index contributed by atoms with van der Waals surface area (Å²) in [5.41, 5.74) is 0.942.